The van der Waals surface area contributed by atoms with Crippen molar-refractivity contribution in [2.24, 2.45) is 0 Å². The van der Waals surface area contributed by atoms with Crippen LogP contribution in [0.2, 0.25) is 0 Å². The van der Waals surface area contributed by atoms with E-state index >= 15 is 0 Å². The smallest absolute Gasteiger partial charge is 0.162 e. The van der Waals surface area contributed by atoms with Crippen LogP contribution in [0.25, 0.3) is 0 Å². The van der Waals surface area contributed by atoms with E-state index in [1.165, 1.54) is 23.4 Å². The fraction of sp³-hybridized carbons (Fsp3) is 0.294. The van der Waals surface area contributed by atoms with Gasteiger partial charge in [0.15, 0.2) is 11.6 Å². The van der Waals surface area contributed by atoms with Gasteiger partial charge in [0.25, 0.3) is 0 Å². The van der Waals surface area contributed by atoms with Gasteiger partial charge < -0.3 is 5.32 Å². The Morgan fingerprint density at radius 3 is 2.67 bits per heavy atom. The first-order chi connectivity index (χ1) is 10.1. The molecule has 0 radical (unpaired) electrons. The molecule has 0 aliphatic carbocycles. The molecule has 2 aromatic carbocycles. The van der Waals surface area contributed by atoms with Crippen molar-refractivity contribution in [3.05, 3.63) is 65.2 Å². The summed E-state index contributed by atoms with van der Waals surface area (Å²) >= 11 is 1.51. The Balaban J connectivity index is 2.06. The molecule has 0 fully saturated rings. The van der Waals surface area contributed by atoms with E-state index in [0.717, 1.165) is 17.5 Å². The first-order valence-corrected chi connectivity index (χ1v) is 7.99. The third kappa shape index (κ3) is 4.29. The van der Waals surface area contributed by atoms with E-state index in [9.17, 15) is 8.78 Å². The van der Waals surface area contributed by atoms with Gasteiger partial charge in [-0.2, -0.15) is 0 Å². The fourth-order valence-electron chi connectivity index (χ4n) is 2.12. The van der Waals surface area contributed by atoms with E-state index in [2.05, 4.69) is 31.3 Å². The van der Waals surface area contributed by atoms with E-state index < -0.39 is 11.6 Å². The van der Waals surface area contributed by atoms with E-state index in [0.29, 0.717) is 11.3 Å². The Morgan fingerprint density at radius 2 is 1.90 bits per heavy atom. The molecule has 1 nitrogen and oxygen atoms in total. The van der Waals surface area contributed by atoms with Gasteiger partial charge in [-0.3, -0.25) is 0 Å². The number of rotatable bonds is 6. The summed E-state index contributed by atoms with van der Waals surface area (Å²) in [6, 6.07) is 12.7. The molecule has 112 valence electrons. The second-order valence-corrected chi connectivity index (χ2v) is 5.90. The minimum Gasteiger partial charge on any atom is -0.310 e. The maximum absolute atomic E-state index is 13.6. The maximum Gasteiger partial charge on any atom is 0.162 e. The number of hydrogen-bond acceptors (Lipinski definition) is 2. The first kappa shape index (κ1) is 16.0. The number of benzene rings is 2. The van der Waals surface area contributed by atoms with Crippen molar-refractivity contribution in [3.8, 4) is 0 Å². The molecule has 21 heavy (non-hydrogen) atoms. The third-order valence-corrected chi connectivity index (χ3v) is 4.34. The average molecular weight is 307 g/mol. The van der Waals surface area contributed by atoms with Gasteiger partial charge in [0.2, 0.25) is 0 Å². The molecular weight excluding hydrogens is 288 g/mol. The lowest BCUT2D eigenvalue weighted by Crippen LogP contribution is -2.17. The molecule has 0 saturated carbocycles. The molecule has 0 aromatic heterocycles. The van der Waals surface area contributed by atoms with E-state index in [4.69, 9.17) is 0 Å². The van der Waals surface area contributed by atoms with Gasteiger partial charge in [0.05, 0.1) is 0 Å². The van der Waals surface area contributed by atoms with Crippen LogP contribution in [0.5, 0.6) is 0 Å². The zero-order valence-electron chi connectivity index (χ0n) is 12.2. The van der Waals surface area contributed by atoms with Crippen LogP contribution in [-0.4, -0.2) is 6.54 Å². The molecule has 0 heterocycles. The Morgan fingerprint density at radius 1 is 1.14 bits per heavy atom. The molecule has 1 N–H and O–H groups in total. The van der Waals surface area contributed by atoms with E-state index in [-0.39, 0.29) is 6.04 Å². The lowest BCUT2D eigenvalue weighted by molar-refractivity contribution is 0.502. The van der Waals surface area contributed by atoms with Crippen LogP contribution in [0.1, 0.15) is 31.0 Å². The molecule has 2 rings (SSSR count). The summed E-state index contributed by atoms with van der Waals surface area (Å²) in [5.74, 6) is -1.12. The molecule has 0 amide bonds. The van der Waals surface area contributed by atoms with E-state index in [1.807, 2.05) is 12.1 Å². The summed E-state index contributed by atoms with van der Waals surface area (Å²) in [4.78, 5) is 1.06. The predicted octanol–water partition coefficient (Wildman–Crippen LogP) is 4.93. The molecule has 0 saturated heterocycles. The van der Waals surface area contributed by atoms with Crippen molar-refractivity contribution in [2.75, 3.05) is 6.54 Å². The third-order valence-electron chi connectivity index (χ3n) is 3.29. The Bertz CT molecular complexity index is 601. The van der Waals surface area contributed by atoms with Gasteiger partial charge in [-0.25, -0.2) is 8.78 Å². The molecule has 0 aliphatic rings. The summed E-state index contributed by atoms with van der Waals surface area (Å²) in [5.41, 5.74) is 1.59. The van der Waals surface area contributed by atoms with Crippen LogP contribution in [0.3, 0.4) is 0 Å². The molecule has 1 atom stereocenters. The van der Waals surface area contributed by atoms with Gasteiger partial charge in [0.1, 0.15) is 0 Å². The first-order valence-electron chi connectivity index (χ1n) is 7.01. The number of nitrogens with one attached hydrogen (secondary N) is 1. The highest BCUT2D eigenvalue weighted by Crippen LogP contribution is 2.27. The molecular formula is C17H19F2NS. The topological polar surface area (TPSA) is 12.0 Å². The SMILES string of the molecule is CCNC(C)c1cccc(SCc2cccc(F)c2F)c1. The second-order valence-electron chi connectivity index (χ2n) is 4.85. The summed E-state index contributed by atoms with van der Waals surface area (Å²) in [5, 5.41) is 3.36. The van der Waals surface area contributed by atoms with Gasteiger partial charge in [-0.1, -0.05) is 31.2 Å². The van der Waals surface area contributed by atoms with Crippen LogP contribution < -0.4 is 5.32 Å². The maximum atomic E-state index is 13.6. The van der Waals surface area contributed by atoms with Crippen molar-refractivity contribution in [1.29, 1.82) is 0 Å². The summed E-state index contributed by atoms with van der Waals surface area (Å²) in [6.45, 7) is 5.09. The Kier molecular flexibility index (Phi) is 5.76. The van der Waals surface area contributed by atoms with Crippen LogP contribution in [-0.2, 0) is 5.75 Å². The highest BCUT2D eigenvalue weighted by molar-refractivity contribution is 7.98. The molecule has 0 aliphatic heterocycles. The summed E-state index contributed by atoms with van der Waals surface area (Å²) in [6.07, 6.45) is 0. The van der Waals surface area contributed by atoms with Crippen LogP contribution in [0.15, 0.2) is 47.4 Å². The largest absolute Gasteiger partial charge is 0.310 e. The van der Waals surface area contributed by atoms with Crippen LogP contribution in [0, 0.1) is 11.6 Å². The average Bonchev–Trinajstić information content (AvgIpc) is 2.49. The molecule has 0 spiro atoms. The normalized spacial score (nSPS) is 12.4. The Labute approximate surface area is 128 Å². The minimum absolute atomic E-state index is 0.279. The summed E-state index contributed by atoms with van der Waals surface area (Å²) < 4.78 is 26.8. The number of halogens is 2. The number of hydrogen-bond donors (Lipinski definition) is 1. The van der Waals surface area contributed by atoms with Crippen molar-refractivity contribution in [2.45, 2.75) is 30.5 Å². The van der Waals surface area contributed by atoms with Crippen molar-refractivity contribution in [1.82, 2.24) is 5.32 Å². The van der Waals surface area contributed by atoms with Crippen molar-refractivity contribution >= 4 is 11.8 Å². The van der Waals surface area contributed by atoms with Crippen LogP contribution in [0.4, 0.5) is 8.78 Å². The highest BCUT2D eigenvalue weighted by Gasteiger charge is 2.09. The molecule has 2 aromatic rings. The van der Waals surface area contributed by atoms with Gasteiger partial charge in [0, 0.05) is 22.3 Å². The second kappa shape index (κ2) is 7.57. The standard InChI is InChI=1S/C17H19F2NS/c1-3-20-12(2)13-6-4-8-15(10-13)21-11-14-7-5-9-16(18)17(14)19/h4-10,12,20H,3,11H2,1-2H3. The summed E-state index contributed by atoms with van der Waals surface area (Å²) in [7, 11) is 0. The lowest BCUT2D eigenvalue weighted by Gasteiger charge is -2.13. The predicted molar refractivity (Wildman–Crippen MR) is 84.5 cm³/mol. The lowest BCUT2D eigenvalue weighted by atomic mass is 10.1. The van der Waals surface area contributed by atoms with Gasteiger partial charge >= 0.3 is 0 Å². The quantitative estimate of drug-likeness (QED) is 0.760. The van der Waals surface area contributed by atoms with Gasteiger partial charge in [-0.15, -0.1) is 11.8 Å². The van der Waals surface area contributed by atoms with Crippen LogP contribution >= 0.6 is 11.8 Å². The zero-order chi connectivity index (χ0) is 15.2. The number of thioether (sulfide) groups is 1. The van der Waals surface area contributed by atoms with Crippen molar-refractivity contribution in [3.63, 3.8) is 0 Å². The zero-order valence-corrected chi connectivity index (χ0v) is 13.0. The van der Waals surface area contributed by atoms with E-state index in [1.54, 1.807) is 6.07 Å². The molecule has 0 bridgehead atoms. The van der Waals surface area contributed by atoms with Crippen molar-refractivity contribution < 1.29 is 8.78 Å². The Hall–Kier alpha value is -1.39. The fourth-order valence-corrected chi connectivity index (χ4v) is 3.06. The van der Waals surface area contributed by atoms with Gasteiger partial charge in [-0.05, 0) is 37.2 Å². The molecule has 4 heteroatoms. The highest BCUT2D eigenvalue weighted by atomic mass is 32.2. The molecule has 1 unspecified atom stereocenters. The monoisotopic (exact) mass is 307 g/mol. The minimum atomic E-state index is -0.789.